The lowest BCUT2D eigenvalue weighted by molar-refractivity contribution is -0.136. The van der Waals surface area contributed by atoms with Gasteiger partial charge in [-0.2, -0.15) is 5.26 Å². The summed E-state index contributed by atoms with van der Waals surface area (Å²) in [5, 5.41) is 24.8. The molecule has 5 rings (SSSR count). The second kappa shape index (κ2) is 8.42. The van der Waals surface area contributed by atoms with E-state index >= 15 is 0 Å². The van der Waals surface area contributed by atoms with E-state index in [-0.39, 0.29) is 13.0 Å². The average Bonchev–Trinajstić information content (AvgIpc) is 3.23. The molecule has 0 bridgehead atoms. The fourth-order valence-electron chi connectivity index (χ4n) is 4.62. The summed E-state index contributed by atoms with van der Waals surface area (Å²) < 4.78 is 6.27. The van der Waals surface area contributed by atoms with Crippen molar-refractivity contribution in [1.82, 2.24) is 5.32 Å². The van der Waals surface area contributed by atoms with Crippen LogP contribution in [-0.4, -0.2) is 17.6 Å². The number of para-hydroxylation sites is 2. The molecule has 1 aromatic heterocycles. The minimum absolute atomic E-state index is 0.0564. The van der Waals surface area contributed by atoms with Crippen molar-refractivity contribution in [2.24, 2.45) is 5.92 Å². The molecule has 3 aromatic carbocycles. The van der Waals surface area contributed by atoms with Gasteiger partial charge < -0.3 is 14.8 Å². The zero-order chi connectivity index (χ0) is 22.8. The van der Waals surface area contributed by atoms with Gasteiger partial charge >= 0.3 is 5.97 Å². The highest BCUT2D eigenvalue weighted by molar-refractivity contribution is 6.06. The molecule has 0 radical (unpaired) electrons. The van der Waals surface area contributed by atoms with Crippen LogP contribution in [0.4, 0.5) is 0 Å². The lowest BCUT2D eigenvalue weighted by Gasteiger charge is -2.38. The van der Waals surface area contributed by atoms with Gasteiger partial charge in [0.2, 0.25) is 0 Å². The molecule has 5 heteroatoms. The Morgan fingerprint density at radius 3 is 2.58 bits per heavy atom. The summed E-state index contributed by atoms with van der Waals surface area (Å²) >= 11 is 0. The Balaban J connectivity index is 1.69. The van der Waals surface area contributed by atoms with Gasteiger partial charge in [-0.1, -0.05) is 85.0 Å². The number of hydrogen-bond acceptors (Lipinski definition) is 4. The standard InChI is InChI=1S/C28H22N2O3/c29-18-21-17-20(19-7-2-1-3-8-19)13-15-28(21,30-16-14-26(31)32)24-11-6-10-23-22-9-4-5-12-25(22)33-27(23)24/h1-13,15,17,21,30H,14,16H2,(H,31,32). The summed E-state index contributed by atoms with van der Waals surface area (Å²) in [7, 11) is 0. The van der Waals surface area contributed by atoms with Gasteiger partial charge in [0.05, 0.1) is 23.9 Å². The van der Waals surface area contributed by atoms with E-state index in [4.69, 9.17) is 4.42 Å². The minimum atomic E-state index is -0.935. The Morgan fingerprint density at radius 2 is 1.79 bits per heavy atom. The van der Waals surface area contributed by atoms with Crippen molar-refractivity contribution in [3.05, 3.63) is 102 Å². The molecule has 0 saturated carbocycles. The van der Waals surface area contributed by atoms with E-state index in [0.29, 0.717) is 5.58 Å². The summed E-state index contributed by atoms with van der Waals surface area (Å²) in [4.78, 5) is 11.2. The first-order valence-electron chi connectivity index (χ1n) is 10.9. The van der Waals surface area contributed by atoms with Crippen LogP contribution in [0, 0.1) is 17.2 Å². The molecule has 1 heterocycles. The second-order valence-corrected chi connectivity index (χ2v) is 8.15. The predicted octanol–water partition coefficient (Wildman–Crippen LogP) is 5.64. The Kier molecular flexibility index (Phi) is 5.29. The molecule has 0 fully saturated rings. The van der Waals surface area contributed by atoms with Crippen LogP contribution < -0.4 is 5.32 Å². The Bertz CT molecular complexity index is 1440. The molecule has 2 unspecified atom stereocenters. The zero-order valence-electron chi connectivity index (χ0n) is 17.9. The summed E-state index contributed by atoms with van der Waals surface area (Å²) in [5.74, 6) is -1.47. The monoisotopic (exact) mass is 434 g/mol. The number of carbonyl (C=O) groups is 1. The molecule has 0 saturated heterocycles. The predicted molar refractivity (Wildman–Crippen MR) is 128 cm³/mol. The van der Waals surface area contributed by atoms with Gasteiger partial charge in [-0.15, -0.1) is 0 Å². The Morgan fingerprint density at radius 1 is 1.03 bits per heavy atom. The largest absolute Gasteiger partial charge is 0.481 e. The number of fused-ring (bicyclic) bond motifs is 3. The highest BCUT2D eigenvalue weighted by Gasteiger charge is 2.41. The maximum absolute atomic E-state index is 11.2. The highest BCUT2D eigenvalue weighted by atomic mass is 16.4. The van der Waals surface area contributed by atoms with Crippen LogP contribution in [0.25, 0.3) is 27.5 Å². The van der Waals surface area contributed by atoms with Crippen LogP contribution in [0.1, 0.15) is 17.5 Å². The number of benzene rings is 3. The van der Waals surface area contributed by atoms with E-state index in [9.17, 15) is 15.2 Å². The van der Waals surface area contributed by atoms with Crippen LogP contribution in [-0.2, 0) is 10.3 Å². The molecule has 4 aromatic rings. The molecule has 33 heavy (non-hydrogen) atoms. The molecule has 2 N–H and O–H groups in total. The van der Waals surface area contributed by atoms with Crippen molar-refractivity contribution in [2.75, 3.05) is 6.54 Å². The van der Waals surface area contributed by atoms with Gasteiger partial charge in [-0.05, 0) is 17.2 Å². The van der Waals surface area contributed by atoms with Crippen LogP contribution >= 0.6 is 0 Å². The number of furan rings is 1. The third-order valence-corrected chi connectivity index (χ3v) is 6.22. The fourth-order valence-corrected chi connectivity index (χ4v) is 4.62. The van der Waals surface area contributed by atoms with E-state index in [1.807, 2.05) is 91.0 Å². The minimum Gasteiger partial charge on any atom is -0.481 e. The Hall–Kier alpha value is -4.14. The molecule has 2 atom stereocenters. The van der Waals surface area contributed by atoms with Crippen LogP contribution in [0.2, 0.25) is 0 Å². The molecule has 1 aliphatic rings. The number of nitrogens with zero attached hydrogens (tertiary/aromatic N) is 1. The summed E-state index contributed by atoms with van der Waals surface area (Å²) in [6.45, 7) is 0.211. The van der Waals surface area contributed by atoms with Gasteiger partial charge in [0.1, 0.15) is 11.2 Å². The van der Waals surface area contributed by atoms with Gasteiger partial charge in [0.15, 0.2) is 0 Å². The summed E-state index contributed by atoms with van der Waals surface area (Å²) in [5.41, 5.74) is 3.32. The summed E-state index contributed by atoms with van der Waals surface area (Å²) in [6.07, 6.45) is 5.87. The zero-order valence-corrected chi connectivity index (χ0v) is 17.9. The number of rotatable bonds is 6. The van der Waals surface area contributed by atoms with Gasteiger partial charge in [-0.3, -0.25) is 4.79 Å². The molecule has 5 nitrogen and oxygen atoms in total. The fraction of sp³-hybridized carbons (Fsp3) is 0.143. The molecule has 0 amide bonds. The second-order valence-electron chi connectivity index (χ2n) is 8.15. The number of carboxylic acids is 1. The number of carboxylic acid groups (broad SMARTS) is 1. The van der Waals surface area contributed by atoms with Gasteiger partial charge in [-0.25, -0.2) is 0 Å². The SMILES string of the molecule is N#CC1C=C(c2ccccc2)C=CC1(NCCC(=O)O)c1cccc2c1oc1ccccc12. The molecule has 162 valence electrons. The van der Waals surface area contributed by atoms with Gasteiger partial charge in [0.25, 0.3) is 0 Å². The van der Waals surface area contributed by atoms with Crippen LogP contribution in [0.3, 0.4) is 0 Å². The number of nitrogens with one attached hydrogen (secondary N) is 1. The quantitative estimate of drug-likeness (QED) is 0.410. The first-order valence-corrected chi connectivity index (χ1v) is 10.9. The van der Waals surface area contributed by atoms with E-state index in [1.165, 1.54) is 0 Å². The molecule has 1 aliphatic carbocycles. The summed E-state index contributed by atoms with van der Waals surface area (Å²) in [6, 6.07) is 26.1. The van der Waals surface area contributed by atoms with E-state index in [2.05, 4.69) is 11.4 Å². The van der Waals surface area contributed by atoms with Crippen molar-refractivity contribution in [3.63, 3.8) is 0 Å². The normalized spacial score (nSPS) is 20.0. The van der Waals surface area contributed by atoms with Crippen molar-refractivity contribution < 1.29 is 14.3 Å². The maximum atomic E-state index is 11.2. The molecule has 0 aliphatic heterocycles. The van der Waals surface area contributed by atoms with E-state index in [0.717, 1.165) is 33.1 Å². The average molecular weight is 434 g/mol. The third kappa shape index (κ3) is 3.61. The maximum Gasteiger partial charge on any atom is 0.304 e. The number of nitriles is 1. The van der Waals surface area contributed by atoms with Crippen LogP contribution in [0.15, 0.2) is 95.4 Å². The molecular weight excluding hydrogens is 412 g/mol. The lowest BCUT2D eigenvalue weighted by atomic mass is 9.73. The number of hydrogen-bond donors (Lipinski definition) is 2. The highest BCUT2D eigenvalue weighted by Crippen LogP contribution is 2.43. The number of aliphatic carboxylic acids is 1. The first-order chi connectivity index (χ1) is 16.1. The van der Waals surface area contributed by atoms with E-state index < -0.39 is 17.4 Å². The topological polar surface area (TPSA) is 86.3 Å². The molecule has 0 spiro atoms. The van der Waals surface area contributed by atoms with Crippen molar-refractivity contribution in [3.8, 4) is 6.07 Å². The van der Waals surface area contributed by atoms with E-state index in [1.54, 1.807) is 0 Å². The van der Waals surface area contributed by atoms with Crippen molar-refractivity contribution in [1.29, 1.82) is 5.26 Å². The molecular formula is C28H22N2O3. The smallest absolute Gasteiger partial charge is 0.304 e. The number of allylic oxidation sites excluding steroid dienone is 2. The van der Waals surface area contributed by atoms with Crippen molar-refractivity contribution in [2.45, 2.75) is 12.0 Å². The lowest BCUT2D eigenvalue weighted by Crippen LogP contribution is -2.48. The van der Waals surface area contributed by atoms with Crippen LogP contribution in [0.5, 0.6) is 0 Å². The Labute approximate surface area is 191 Å². The third-order valence-electron chi connectivity index (χ3n) is 6.22. The first kappa shape index (κ1) is 20.7. The van der Waals surface area contributed by atoms with Crippen molar-refractivity contribution >= 4 is 33.5 Å². The van der Waals surface area contributed by atoms with Gasteiger partial charge in [0, 0.05) is 22.9 Å².